The van der Waals surface area contributed by atoms with Crippen LogP contribution in [-0.2, 0) is 14.4 Å². The third-order valence-corrected chi connectivity index (χ3v) is 4.93. The van der Waals surface area contributed by atoms with Crippen LogP contribution in [0.15, 0.2) is 24.3 Å². The first kappa shape index (κ1) is 19.8. The van der Waals surface area contributed by atoms with Crippen molar-refractivity contribution >= 4 is 23.6 Å². The molecule has 2 amide bonds. The number of carbonyl (C=O) groups is 4. The van der Waals surface area contributed by atoms with E-state index in [2.05, 4.69) is 5.32 Å². The number of benzene rings is 1. The predicted molar refractivity (Wildman–Crippen MR) is 98.1 cm³/mol. The second-order valence-corrected chi connectivity index (χ2v) is 6.88. The zero-order valence-electron chi connectivity index (χ0n) is 15.4. The normalized spacial score (nSPS) is 18.3. The summed E-state index contributed by atoms with van der Waals surface area (Å²) in [4.78, 5) is 50.8. The zero-order valence-corrected chi connectivity index (χ0v) is 15.4. The number of aliphatic carboxylic acids is 1. The van der Waals surface area contributed by atoms with E-state index in [0.29, 0.717) is 11.3 Å². The van der Waals surface area contributed by atoms with Crippen molar-refractivity contribution in [2.75, 3.05) is 39.3 Å². The molecule has 0 saturated carbocycles. The number of nitrogens with zero attached hydrogens (tertiary/aromatic N) is 2. The van der Waals surface area contributed by atoms with Crippen molar-refractivity contribution in [3.8, 4) is 5.75 Å². The fourth-order valence-corrected chi connectivity index (χ4v) is 3.42. The molecule has 2 aliphatic heterocycles. The minimum atomic E-state index is -1.09. The van der Waals surface area contributed by atoms with Crippen LogP contribution >= 0.6 is 0 Å². The first-order valence-electron chi connectivity index (χ1n) is 9.20. The van der Waals surface area contributed by atoms with Crippen molar-refractivity contribution in [1.29, 1.82) is 0 Å². The molecule has 2 aliphatic rings. The van der Waals surface area contributed by atoms with E-state index in [9.17, 15) is 19.2 Å². The topological polar surface area (TPSA) is 116 Å². The molecule has 2 N–H and O–H groups in total. The van der Waals surface area contributed by atoms with Gasteiger partial charge in [0, 0.05) is 11.6 Å². The highest BCUT2D eigenvalue weighted by molar-refractivity contribution is 6.01. The molecule has 0 atom stereocenters. The summed E-state index contributed by atoms with van der Waals surface area (Å²) in [7, 11) is 0. The number of carboxylic acids is 1. The van der Waals surface area contributed by atoms with Gasteiger partial charge in [-0.3, -0.25) is 14.4 Å². The van der Waals surface area contributed by atoms with Crippen LogP contribution in [0.25, 0.3) is 0 Å². The Balaban J connectivity index is 1.56. The van der Waals surface area contributed by atoms with Gasteiger partial charge in [0.2, 0.25) is 11.8 Å². The summed E-state index contributed by atoms with van der Waals surface area (Å²) in [6, 6.07) is 6.10. The minimum absolute atomic E-state index is 0.0126. The van der Waals surface area contributed by atoms with E-state index >= 15 is 0 Å². The maximum absolute atomic E-state index is 12.5. The molecule has 1 aromatic rings. The predicted octanol–water partition coefficient (Wildman–Crippen LogP) is -0.244. The summed E-state index contributed by atoms with van der Waals surface area (Å²) in [6.07, 6.45) is 1.66. The van der Waals surface area contributed by atoms with Crippen LogP contribution < -0.4 is 10.1 Å². The quantitative estimate of drug-likeness (QED) is 0.618. The maximum Gasteiger partial charge on any atom is 0.341 e. The summed E-state index contributed by atoms with van der Waals surface area (Å²) in [5.41, 5.74) is 0.365. The molecular weight excluding hydrogens is 366 g/mol. The maximum atomic E-state index is 12.5. The fourth-order valence-electron chi connectivity index (χ4n) is 3.42. The summed E-state index contributed by atoms with van der Waals surface area (Å²) < 4.78 is 5.02. The second kappa shape index (κ2) is 8.83. The van der Waals surface area contributed by atoms with Crippen molar-refractivity contribution in [2.45, 2.75) is 18.9 Å². The van der Waals surface area contributed by atoms with Crippen molar-refractivity contribution in [3.05, 3.63) is 29.8 Å². The number of nitrogens with one attached hydrogen (secondary N) is 1. The van der Waals surface area contributed by atoms with Gasteiger partial charge < -0.3 is 25.0 Å². The van der Waals surface area contributed by atoms with Crippen LogP contribution in [0.5, 0.6) is 5.75 Å². The average Bonchev–Trinajstić information content (AvgIpc) is 2.70. The van der Waals surface area contributed by atoms with Gasteiger partial charge in [0.05, 0.1) is 6.54 Å². The first-order valence-corrected chi connectivity index (χ1v) is 9.20. The van der Waals surface area contributed by atoms with Crippen LogP contribution in [0.3, 0.4) is 0 Å². The van der Waals surface area contributed by atoms with Crippen molar-refractivity contribution in [1.82, 2.24) is 15.1 Å². The largest absolute Gasteiger partial charge is 0.482 e. The third-order valence-electron chi connectivity index (χ3n) is 4.93. The fraction of sp³-hybridized carbons (Fsp3) is 0.474. The molecule has 28 heavy (non-hydrogen) atoms. The number of ketones is 1. The molecule has 2 saturated heterocycles. The molecule has 0 aliphatic carbocycles. The summed E-state index contributed by atoms with van der Waals surface area (Å²) in [6.45, 7) is 0.951. The molecule has 9 nitrogen and oxygen atoms in total. The Labute approximate surface area is 162 Å². The SMILES string of the molecule is O=C(O)COc1ccc(C(=O)CN2CC(=O)N(C3CCNCC3)CC2=O)cc1. The molecule has 9 heteroatoms. The number of amides is 2. The summed E-state index contributed by atoms with van der Waals surface area (Å²) in [5.74, 6) is -1.40. The van der Waals surface area contributed by atoms with E-state index in [0.717, 1.165) is 25.9 Å². The number of carboxylic acid groups (broad SMARTS) is 1. The molecule has 150 valence electrons. The molecule has 0 bridgehead atoms. The van der Waals surface area contributed by atoms with Crippen LogP contribution in [0.2, 0.25) is 0 Å². The lowest BCUT2D eigenvalue weighted by molar-refractivity contribution is -0.152. The molecule has 2 fully saturated rings. The Kier molecular flexibility index (Phi) is 6.25. The number of Topliss-reactive ketones (excluding diaryl/α,β-unsaturated/α-hetero) is 1. The lowest BCUT2D eigenvalue weighted by atomic mass is 10.0. The Morgan fingerprint density at radius 1 is 1.07 bits per heavy atom. The number of hydrogen-bond acceptors (Lipinski definition) is 6. The smallest absolute Gasteiger partial charge is 0.341 e. The zero-order chi connectivity index (χ0) is 20.1. The van der Waals surface area contributed by atoms with Gasteiger partial charge in [-0.25, -0.2) is 4.79 Å². The average molecular weight is 389 g/mol. The molecule has 0 spiro atoms. The van der Waals surface area contributed by atoms with E-state index < -0.39 is 12.6 Å². The highest BCUT2D eigenvalue weighted by Gasteiger charge is 2.35. The van der Waals surface area contributed by atoms with Gasteiger partial charge in [0.1, 0.15) is 18.8 Å². The van der Waals surface area contributed by atoms with Crippen molar-refractivity contribution in [2.24, 2.45) is 0 Å². The van der Waals surface area contributed by atoms with Crippen molar-refractivity contribution < 1.29 is 29.0 Å². The number of piperazine rings is 1. The first-order chi connectivity index (χ1) is 13.4. The highest BCUT2D eigenvalue weighted by atomic mass is 16.5. The number of carbonyl (C=O) groups excluding carboxylic acids is 3. The Morgan fingerprint density at radius 3 is 2.39 bits per heavy atom. The van der Waals surface area contributed by atoms with E-state index in [1.807, 2.05) is 0 Å². The number of hydrogen-bond donors (Lipinski definition) is 2. The van der Waals surface area contributed by atoms with Gasteiger partial charge in [0.25, 0.3) is 0 Å². The monoisotopic (exact) mass is 389 g/mol. The van der Waals surface area contributed by atoms with E-state index in [4.69, 9.17) is 9.84 Å². The van der Waals surface area contributed by atoms with Gasteiger partial charge in [-0.2, -0.15) is 0 Å². The standard InChI is InChI=1S/C19H23N3O6/c23-16(13-1-3-15(4-2-13)28-12-19(26)27)9-21-10-18(25)22(11-17(21)24)14-5-7-20-8-6-14/h1-4,14,20H,5-12H2,(H,26,27). The van der Waals surface area contributed by atoms with Crippen LogP contribution in [0.4, 0.5) is 0 Å². The highest BCUT2D eigenvalue weighted by Crippen LogP contribution is 2.17. The molecule has 0 aromatic heterocycles. The van der Waals surface area contributed by atoms with E-state index in [1.165, 1.54) is 29.2 Å². The number of ether oxygens (including phenoxy) is 1. The van der Waals surface area contributed by atoms with Gasteiger partial charge >= 0.3 is 5.97 Å². The van der Waals surface area contributed by atoms with Gasteiger partial charge in [-0.05, 0) is 50.2 Å². The lowest BCUT2D eigenvalue weighted by Gasteiger charge is -2.40. The Morgan fingerprint density at radius 2 is 1.75 bits per heavy atom. The van der Waals surface area contributed by atoms with Crippen LogP contribution in [0.1, 0.15) is 23.2 Å². The van der Waals surface area contributed by atoms with Gasteiger partial charge in [0.15, 0.2) is 12.4 Å². The number of rotatable bonds is 7. The van der Waals surface area contributed by atoms with E-state index in [-0.39, 0.29) is 43.3 Å². The molecule has 0 unspecified atom stereocenters. The molecule has 1 aromatic carbocycles. The van der Waals surface area contributed by atoms with Gasteiger partial charge in [-0.15, -0.1) is 0 Å². The second-order valence-electron chi connectivity index (χ2n) is 6.88. The summed E-state index contributed by atoms with van der Waals surface area (Å²) >= 11 is 0. The minimum Gasteiger partial charge on any atom is -0.482 e. The summed E-state index contributed by atoms with van der Waals surface area (Å²) in [5, 5.41) is 11.8. The third kappa shape index (κ3) is 4.86. The van der Waals surface area contributed by atoms with Crippen LogP contribution in [-0.4, -0.2) is 83.8 Å². The molecule has 3 rings (SSSR count). The molecule has 0 radical (unpaired) electrons. The van der Waals surface area contributed by atoms with Gasteiger partial charge in [-0.1, -0.05) is 0 Å². The lowest BCUT2D eigenvalue weighted by Crippen LogP contribution is -2.59. The molecular formula is C19H23N3O6. The Hall–Kier alpha value is -2.94. The Bertz CT molecular complexity index is 757. The molecule has 2 heterocycles. The van der Waals surface area contributed by atoms with E-state index in [1.54, 1.807) is 4.90 Å². The van der Waals surface area contributed by atoms with Crippen LogP contribution in [0, 0.1) is 0 Å². The number of piperidine rings is 1. The van der Waals surface area contributed by atoms with Crippen molar-refractivity contribution in [3.63, 3.8) is 0 Å².